The molecule has 2 aromatic carbocycles. The molecule has 0 bridgehead atoms. The number of ether oxygens (including phenoxy) is 1. The molecule has 1 saturated carbocycles. The Kier molecular flexibility index (Phi) is 6.25. The molecule has 32 heavy (non-hydrogen) atoms. The van der Waals surface area contributed by atoms with E-state index in [1.807, 2.05) is 48.5 Å². The number of carboxylic acids is 1. The normalized spacial score (nSPS) is 15.2. The number of nitrogens with one attached hydrogen (secondary N) is 1. The third-order valence-corrected chi connectivity index (χ3v) is 5.91. The molecule has 1 unspecified atom stereocenters. The van der Waals surface area contributed by atoms with E-state index in [0.717, 1.165) is 35.1 Å². The Morgan fingerprint density at radius 3 is 2.22 bits per heavy atom. The molecule has 166 valence electrons. The number of fused-ring (bicyclic) bond motifs is 3. The summed E-state index contributed by atoms with van der Waals surface area (Å²) in [4.78, 5) is 38.4. The molecule has 2 aromatic rings. The van der Waals surface area contributed by atoms with Gasteiger partial charge in [0.05, 0.1) is 6.42 Å². The molecule has 2 amide bonds. The highest BCUT2D eigenvalue weighted by Gasteiger charge is 2.37. The number of nitrogens with zero attached hydrogens (tertiary/aromatic N) is 1. The second-order valence-electron chi connectivity index (χ2n) is 8.13. The van der Waals surface area contributed by atoms with Crippen molar-refractivity contribution >= 4 is 18.0 Å². The Hall–Kier alpha value is -3.61. The molecule has 0 spiro atoms. The van der Waals surface area contributed by atoms with E-state index < -0.39 is 30.4 Å². The molecule has 7 heteroatoms. The van der Waals surface area contributed by atoms with Crippen LogP contribution in [0.15, 0.2) is 61.2 Å². The first-order valence-corrected chi connectivity index (χ1v) is 10.7. The molecule has 0 aromatic heterocycles. The zero-order valence-electron chi connectivity index (χ0n) is 17.7. The van der Waals surface area contributed by atoms with Gasteiger partial charge in [0.1, 0.15) is 12.6 Å². The molecular weight excluding hydrogens is 408 g/mol. The van der Waals surface area contributed by atoms with E-state index in [0.29, 0.717) is 6.54 Å². The lowest BCUT2D eigenvalue weighted by atomic mass is 9.98. The molecule has 0 aliphatic heterocycles. The Bertz CT molecular complexity index is 1000. The van der Waals surface area contributed by atoms with Gasteiger partial charge in [-0.05, 0) is 35.1 Å². The van der Waals surface area contributed by atoms with Crippen LogP contribution in [0.1, 0.15) is 36.3 Å². The third-order valence-electron chi connectivity index (χ3n) is 5.91. The SMILES string of the molecule is C=CCN(C(=O)C(CC(=O)O)NC(=O)OCC1c2ccccc2-c2ccccc21)C1CC1. The van der Waals surface area contributed by atoms with Crippen LogP contribution in [0, 0.1) is 0 Å². The van der Waals surface area contributed by atoms with Crippen molar-refractivity contribution in [1.29, 1.82) is 0 Å². The highest BCUT2D eigenvalue weighted by molar-refractivity contribution is 5.89. The largest absolute Gasteiger partial charge is 0.481 e. The van der Waals surface area contributed by atoms with Crippen molar-refractivity contribution in [2.75, 3.05) is 13.2 Å². The Morgan fingerprint density at radius 1 is 1.09 bits per heavy atom. The van der Waals surface area contributed by atoms with E-state index >= 15 is 0 Å². The fourth-order valence-corrected chi connectivity index (χ4v) is 4.30. The van der Waals surface area contributed by atoms with Gasteiger partial charge >= 0.3 is 12.1 Å². The third kappa shape index (κ3) is 4.51. The number of carboxylic acid groups (broad SMARTS) is 1. The summed E-state index contributed by atoms with van der Waals surface area (Å²) in [7, 11) is 0. The summed E-state index contributed by atoms with van der Waals surface area (Å²) in [5, 5.41) is 11.7. The average molecular weight is 434 g/mol. The average Bonchev–Trinajstić information content (AvgIpc) is 3.57. The van der Waals surface area contributed by atoms with E-state index in [1.165, 1.54) is 0 Å². The fraction of sp³-hybridized carbons (Fsp3) is 0.320. The minimum Gasteiger partial charge on any atom is -0.481 e. The first kappa shape index (κ1) is 21.6. The molecular formula is C25H26N2O5. The molecule has 0 saturated heterocycles. The molecule has 4 rings (SSSR count). The maximum Gasteiger partial charge on any atom is 0.407 e. The van der Waals surface area contributed by atoms with E-state index in [1.54, 1.807) is 11.0 Å². The predicted octanol–water partition coefficient (Wildman–Crippen LogP) is 3.55. The minimum absolute atomic E-state index is 0.0705. The fourth-order valence-electron chi connectivity index (χ4n) is 4.30. The molecule has 1 fully saturated rings. The van der Waals surface area contributed by atoms with Crippen LogP contribution in [-0.2, 0) is 14.3 Å². The summed E-state index contributed by atoms with van der Waals surface area (Å²) >= 11 is 0. The number of aliphatic carboxylic acids is 1. The number of amides is 2. The second-order valence-corrected chi connectivity index (χ2v) is 8.13. The van der Waals surface area contributed by atoms with Crippen molar-refractivity contribution in [2.24, 2.45) is 0 Å². The molecule has 0 heterocycles. The molecule has 0 radical (unpaired) electrons. The van der Waals surface area contributed by atoms with Crippen LogP contribution >= 0.6 is 0 Å². The van der Waals surface area contributed by atoms with Crippen LogP contribution in [-0.4, -0.2) is 53.2 Å². The number of hydrogen-bond donors (Lipinski definition) is 2. The monoisotopic (exact) mass is 434 g/mol. The zero-order chi connectivity index (χ0) is 22.7. The first-order valence-electron chi connectivity index (χ1n) is 10.7. The van der Waals surface area contributed by atoms with Crippen LogP contribution in [0.5, 0.6) is 0 Å². The molecule has 2 N–H and O–H groups in total. The Balaban J connectivity index is 1.44. The number of rotatable bonds is 9. The number of carbonyl (C=O) groups is 3. The van der Waals surface area contributed by atoms with Crippen molar-refractivity contribution in [2.45, 2.75) is 37.3 Å². The van der Waals surface area contributed by atoms with E-state index in [9.17, 15) is 19.5 Å². The summed E-state index contributed by atoms with van der Waals surface area (Å²) in [6.07, 6.45) is 2.01. The quantitative estimate of drug-likeness (QED) is 0.589. The van der Waals surface area contributed by atoms with Crippen molar-refractivity contribution in [3.05, 3.63) is 72.3 Å². The molecule has 7 nitrogen and oxygen atoms in total. The van der Waals surface area contributed by atoms with Gasteiger partial charge in [0.15, 0.2) is 0 Å². The zero-order valence-corrected chi connectivity index (χ0v) is 17.7. The van der Waals surface area contributed by atoms with Crippen LogP contribution in [0.2, 0.25) is 0 Å². The highest BCUT2D eigenvalue weighted by Crippen LogP contribution is 2.44. The van der Waals surface area contributed by atoms with Gasteiger partial charge in [-0.2, -0.15) is 0 Å². The maximum atomic E-state index is 12.9. The van der Waals surface area contributed by atoms with Gasteiger partial charge in [0.25, 0.3) is 0 Å². The topological polar surface area (TPSA) is 95.9 Å². The first-order chi connectivity index (χ1) is 15.5. The van der Waals surface area contributed by atoms with Gasteiger partial charge in [0, 0.05) is 18.5 Å². The smallest absolute Gasteiger partial charge is 0.407 e. The van der Waals surface area contributed by atoms with Crippen molar-refractivity contribution in [3.8, 4) is 11.1 Å². The van der Waals surface area contributed by atoms with Crippen LogP contribution in [0.25, 0.3) is 11.1 Å². The van der Waals surface area contributed by atoms with Gasteiger partial charge in [-0.1, -0.05) is 54.6 Å². The second kappa shape index (κ2) is 9.26. The minimum atomic E-state index is -1.19. The number of benzene rings is 2. The lowest BCUT2D eigenvalue weighted by Gasteiger charge is -2.26. The maximum absolute atomic E-state index is 12.9. The van der Waals surface area contributed by atoms with E-state index in [4.69, 9.17) is 4.74 Å². The standard InChI is InChI=1S/C25H26N2O5/c1-2-13-27(16-11-12-16)24(30)22(14-23(28)29)26-25(31)32-15-21-19-9-5-3-7-17(19)18-8-4-6-10-20(18)21/h2-10,16,21-22H,1,11-15H2,(H,26,31)(H,28,29). The van der Waals surface area contributed by atoms with Crippen molar-refractivity contribution in [3.63, 3.8) is 0 Å². The van der Waals surface area contributed by atoms with Crippen molar-refractivity contribution in [1.82, 2.24) is 10.2 Å². The summed E-state index contributed by atoms with van der Waals surface area (Å²) in [5.41, 5.74) is 4.37. The van der Waals surface area contributed by atoms with E-state index in [2.05, 4.69) is 11.9 Å². The van der Waals surface area contributed by atoms with Crippen LogP contribution in [0.4, 0.5) is 4.79 Å². The molecule has 2 aliphatic carbocycles. The van der Waals surface area contributed by atoms with Gasteiger partial charge in [0.2, 0.25) is 5.91 Å². The lowest BCUT2D eigenvalue weighted by molar-refractivity contribution is -0.142. The number of hydrogen-bond acceptors (Lipinski definition) is 4. The number of alkyl carbamates (subject to hydrolysis) is 1. The Morgan fingerprint density at radius 2 is 1.69 bits per heavy atom. The van der Waals surface area contributed by atoms with Crippen molar-refractivity contribution < 1.29 is 24.2 Å². The van der Waals surface area contributed by atoms with Gasteiger partial charge in [-0.3, -0.25) is 9.59 Å². The summed E-state index contributed by atoms with van der Waals surface area (Å²) in [6, 6.07) is 14.8. The van der Waals surface area contributed by atoms with Crippen LogP contribution in [0.3, 0.4) is 0 Å². The predicted molar refractivity (Wildman–Crippen MR) is 119 cm³/mol. The lowest BCUT2D eigenvalue weighted by Crippen LogP contribution is -2.50. The van der Waals surface area contributed by atoms with E-state index in [-0.39, 0.29) is 18.6 Å². The summed E-state index contributed by atoms with van der Waals surface area (Å²) in [5.74, 6) is -1.72. The molecule has 2 aliphatic rings. The van der Waals surface area contributed by atoms with Gasteiger partial charge in [-0.25, -0.2) is 4.79 Å². The summed E-state index contributed by atoms with van der Waals surface area (Å²) < 4.78 is 5.48. The highest BCUT2D eigenvalue weighted by atomic mass is 16.5. The number of carbonyl (C=O) groups excluding carboxylic acids is 2. The van der Waals surface area contributed by atoms with Crippen LogP contribution < -0.4 is 5.32 Å². The Labute approximate surface area is 186 Å². The van der Waals surface area contributed by atoms with Gasteiger partial charge < -0.3 is 20.1 Å². The van der Waals surface area contributed by atoms with Gasteiger partial charge in [-0.15, -0.1) is 6.58 Å². The summed E-state index contributed by atoms with van der Waals surface area (Å²) in [6.45, 7) is 4.06. The molecule has 1 atom stereocenters.